The summed E-state index contributed by atoms with van der Waals surface area (Å²) in [6, 6.07) is 10.0. The molecule has 108 valence electrons. The molecule has 21 heavy (non-hydrogen) atoms. The van der Waals surface area contributed by atoms with Crippen molar-refractivity contribution in [2.24, 2.45) is 0 Å². The second kappa shape index (κ2) is 5.69. The quantitative estimate of drug-likeness (QED) is 0.776. The number of fused-ring (bicyclic) bond motifs is 1. The van der Waals surface area contributed by atoms with Gasteiger partial charge in [-0.3, -0.25) is 4.79 Å². The van der Waals surface area contributed by atoms with Gasteiger partial charge in [0, 0.05) is 4.88 Å². The first-order valence-electron chi connectivity index (χ1n) is 6.90. The number of nitrogens with one attached hydrogen (secondary N) is 2. The number of thiophene rings is 1. The van der Waals surface area contributed by atoms with Gasteiger partial charge in [-0.1, -0.05) is 12.1 Å². The topological polar surface area (TPSA) is 57.8 Å². The molecule has 4 nitrogen and oxygen atoms in total. The molecule has 0 aliphatic carbocycles. The SMILES string of the molecule is Cc1ccc2nc(CNC(=O)[C@H](C)c3cccs3)[nH]c2c1. The van der Waals surface area contributed by atoms with Gasteiger partial charge in [0.2, 0.25) is 5.91 Å². The Morgan fingerprint density at radius 1 is 1.43 bits per heavy atom. The lowest BCUT2D eigenvalue weighted by Crippen LogP contribution is -2.27. The molecule has 1 amide bonds. The van der Waals surface area contributed by atoms with Crippen molar-refractivity contribution in [2.45, 2.75) is 26.3 Å². The van der Waals surface area contributed by atoms with E-state index in [1.54, 1.807) is 11.3 Å². The van der Waals surface area contributed by atoms with Crippen LogP contribution in [-0.4, -0.2) is 15.9 Å². The van der Waals surface area contributed by atoms with E-state index in [2.05, 4.69) is 21.4 Å². The van der Waals surface area contributed by atoms with Gasteiger partial charge in [0.25, 0.3) is 0 Å². The van der Waals surface area contributed by atoms with Crippen LogP contribution in [0.2, 0.25) is 0 Å². The number of aromatic amines is 1. The number of aromatic nitrogens is 2. The Balaban J connectivity index is 1.67. The number of hydrogen-bond acceptors (Lipinski definition) is 3. The van der Waals surface area contributed by atoms with Crippen molar-refractivity contribution < 1.29 is 4.79 Å². The molecule has 0 spiro atoms. The first-order valence-corrected chi connectivity index (χ1v) is 7.78. The zero-order valence-electron chi connectivity index (χ0n) is 12.0. The minimum Gasteiger partial charge on any atom is -0.348 e. The van der Waals surface area contributed by atoms with Crippen molar-refractivity contribution in [1.82, 2.24) is 15.3 Å². The van der Waals surface area contributed by atoms with Crippen LogP contribution < -0.4 is 5.32 Å². The van der Waals surface area contributed by atoms with Crippen LogP contribution in [0.4, 0.5) is 0 Å². The van der Waals surface area contributed by atoms with E-state index in [4.69, 9.17) is 0 Å². The van der Waals surface area contributed by atoms with Gasteiger partial charge in [0.1, 0.15) is 5.82 Å². The number of carbonyl (C=O) groups is 1. The number of imidazole rings is 1. The molecule has 0 fully saturated rings. The largest absolute Gasteiger partial charge is 0.348 e. The number of aryl methyl sites for hydroxylation is 1. The maximum atomic E-state index is 12.1. The van der Waals surface area contributed by atoms with Gasteiger partial charge < -0.3 is 10.3 Å². The van der Waals surface area contributed by atoms with E-state index in [1.807, 2.05) is 43.5 Å². The molecule has 2 aromatic heterocycles. The highest BCUT2D eigenvalue weighted by molar-refractivity contribution is 7.10. The van der Waals surface area contributed by atoms with Crippen molar-refractivity contribution >= 4 is 28.3 Å². The molecule has 1 atom stereocenters. The lowest BCUT2D eigenvalue weighted by Gasteiger charge is -2.09. The number of nitrogens with zero attached hydrogens (tertiary/aromatic N) is 1. The van der Waals surface area contributed by atoms with E-state index in [-0.39, 0.29) is 11.8 Å². The van der Waals surface area contributed by atoms with E-state index >= 15 is 0 Å². The predicted molar refractivity (Wildman–Crippen MR) is 85.4 cm³/mol. The molecule has 2 heterocycles. The third kappa shape index (κ3) is 2.97. The van der Waals surface area contributed by atoms with E-state index in [1.165, 1.54) is 5.56 Å². The Bertz CT molecular complexity index is 761. The second-order valence-corrected chi connectivity index (χ2v) is 6.14. The number of rotatable bonds is 4. The number of amides is 1. The maximum absolute atomic E-state index is 12.1. The summed E-state index contributed by atoms with van der Waals surface area (Å²) in [5.74, 6) is 0.674. The predicted octanol–water partition coefficient (Wildman–Crippen LogP) is 3.35. The van der Waals surface area contributed by atoms with Crippen LogP contribution in [0.3, 0.4) is 0 Å². The summed E-state index contributed by atoms with van der Waals surface area (Å²) in [6.07, 6.45) is 0. The Labute approximate surface area is 127 Å². The zero-order chi connectivity index (χ0) is 14.8. The Morgan fingerprint density at radius 3 is 3.05 bits per heavy atom. The summed E-state index contributed by atoms with van der Waals surface area (Å²) >= 11 is 1.60. The zero-order valence-corrected chi connectivity index (χ0v) is 12.8. The lowest BCUT2D eigenvalue weighted by atomic mass is 10.1. The molecule has 3 aromatic rings. The summed E-state index contributed by atoms with van der Waals surface area (Å²) in [5, 5.41) is 4.92. The highest BCUT2D eigenvalue weighted by atomic mass is 32.1. The second-order valence-electron chi connectivity index (χ2n) is 5.16. The molecule has 3 rings (SSSR count). The fourth-order valence-corrected chi connectivity index (χ4v) is 3.03. The van der Waals surface area contributed by atoms with Gasteiger partial charge in [0.15, 0.2) is 0 Å². The summed E-state index contributed by atoms with van der Waals surface area (Å²) < 4.78 is 0. The molecule has 0 aliphatic rings. The average Bonchev–Trinajstić information content (AvgIpc) is 3.12. The van der Waals surface area contributed by atoms with Gasteiger partial charge in [-0.15, -0.1) is 11.3 Å². The first-order chi connectivity index (χ1) is 10.1. The van der Waals surface area contributed by atoms with Gasteiger partial charge in [-0.05, 0) is 43.0 Å². The molecule has 0 saturated heterocycles. The van der Waals surface area contributed by atoms with Gasteiger partial charge in [-0.25, -0.2) is 4.98 Å². The highest BCUT2D eigenvalue weighted by Crippen LogP contribution is 2.20. The van der Waals surface area contributed by atoms with Crippen molar-refractivity contribution in [1.29, 1.82) is 0 Å². The molecule has 0 aliphatic heterocycles. The number of carbonyl (C=O) groups excluding carboxylic acids is 1. The third-order valence-electron chi connectivity index (χ3n) is 3.48. The van der Waals surface area contributed by atoms with Gasteiger partial charge in [0.05, 0.1) is 23.5 Å². The van der Waals surface area contributed by atoms with E-state index in [0.29, 0.717) is 6.54 Å². The van der Waals surface area contributed by atoms with Crippen molar-refractivity contribution in [3.63, 3.8) is 0 Å². The maximum Gasteiger partial charge on any atom is 0.228 e. The van der Waals surface area contributed by atoms with Crippen molar-refractivity contribution in [3.05, 3.63) is 52.0 Å². The average molecular weight is 299 g/mol. The van der Waals surface area contributed by atoms with E-state index in [0.717, 1.165) is 21.7 Å². The molecular formula is C16H17N3OS. The molecule has 5 heteroatoms. The van der Waals surface area contributed by atoms with Crippen LogP contribution in [0.1, 0.15) is 29.1 Å². The summed E-state index contributed by atoms with van der Waals surface area (Å²) in [5.41, 5.74) is 3.12. The minimum absolute atomic E-state index is 0.0223. The summed E-state index contributed by atoms with van der Waals surface area (Å²) in [7, 11) is 0. The summed E-state index contributed by atoms with van der Waals surface area (Å²) in [4.78, 5) is 20.9. The molecular weight excluding hydrogens is 282 g/mol. The number of hydrogen-bond donors (Lipinski definition) is 2. The third-order valence-corrected chi connectivity index (χ3v) is 4.53. The first kappa shape index (κ1) is 13.8. The number of benzene rings is 1. The number of H-pyrrole nitrogens is 1. The van der Waals surface area contributed by atoms with Crippen LogP contribution in [0, 0.1) is 6.92 Å². The lowest BCUT2D eigenvalue weighted by molar-refractivity contribution is -0.122. The molecule has 1 aromatic carbocycles. The fraction of sp³-hybridized carbons (Fsp3) is 0.250. The highest BCUT2D eigenvalue weighted by Gasteiger charge is 2.16. The normalized spacial score (nSPS) is 12.5. The monoisotopic (exact) mass is 299 g/mol. The minimum atomic E-state index is -0.128. The smallest absolute Gasteiger partial charge is 0.228 e. The van der Waals surface area contributed by atoms with Crippen LogP contribution in [0.25, 0.3) is 11.0 Å². The van der Waals surface area contributed by atoms with Crippen LogP contribution in [0.15, 0.2) is 35.7 Å². The van der Waals surface area contributed by atoms with Gasteiger partial charge >= 0.3 is 0 Å². The van der Waals surface area contributed by atoms with Crippen molar-refractivity contribution in [2.75, 3.05) is 0 Å². The molecule has 0 saturated carbocycles. The van der Waals surface area contributed by atoms with Gasteiger partial charge in [-0.2, -0.15) is 0 Å². The molecule has 2 N–H and O–H groups in total. The van der Waals surface area contributed by atoms with Crippen molar-refractivity contribution in [3.8, 4) is 0 Å². The Kier molecular flexibility index (Phi) is 3.75. The van der Waals surface area contributed by atoms with Crippen LogP contribution in [-0.2, 0) is 11.3 Å². The Morgan fingerprint density at radius 2 is 2.29 bits per heavy atom. The van der Waals surface area contributed by atoms with Crippen LogP contribution in [0.5, 0.6) is 0 Å². The molecule has 0 radical (unpaired) electrons. The van der Waals surface area contributed by atoms with E-state index < -0.39 is 0 Å². The molecule has 0 unspecified atom stereocenters. The van der Waals surface area contributed by atoms with Crippen LogP contribution >= 0.6 is 11.3 Å². The summed E-state index contributed by atoms with van der Waals surface area (Å²) in [6.45, 7) is 4.38. The Hall–Kier alpha value is -2.14. The molecule has 0 bridgehead atoms. The standard InChI is InChI=1S/C16H17N3OS/c1-10-5-6-12-13(8-10)19-15(18-12)9-17-16(20)11(2)14-4-3-7-21-14/h3-8,11H,9H2,1-2H3,(H,17,20)(H,18,19)/t11-/m1/s1. The van der Waals surface area contributed by atoms with E-state index in [9.17, 15) is 4.79 Å². The fourth-order valence-electron chi connectivity index (χ4n) is 2.25.